The maximum absolute atomic E-state index is 11.5. The van der Waals surface area contributed by atoms with Crippen LogP contribution in [0.3, 0.4) is 0 Å². The Bertz CT molecular complexity index is 642. The van der Waals surface area contributed by atoms with Gasteiger partial charge < -0.3 is 4.42 Å². The van der Waals surface area contributed by atoms with Crippen molar-refractivity contribution < 1.29 is 14.0 Å². The first-order valence-electron chi connectivity index (χ1n) is 4.79. The lowest BCUT2D eigenvalue weighted by atomic mass is 10.0. The fourth-order valence-corrected chi connectivity index (χ4v) is 1.84. The van der Waals surface area contributed by atoms with Gasteiger partial charge >= 0.3 is 0 Å². The highest BCUT2D eigenvalue weighted by atomic mass is 35.5. The molecular weight excluding hydrogens is 242 g/mol. The van der Waals surface area contributed by atoms with Crippen LogP contribution in [0.2, 0.25) is 0 Å². The average molecular weight is 250 g/mol. The van der Waals surface area contributed by atoms with E-state index in [2.05, 4.69) is 5.32 Å². The number of hydrogen-bond donors (Lipinski definition) is 1. The van der Waals surface area contributed by atoms with Gasteiger partial charge in [-0.15, -0.1) is 12.4 Å². The molecule has 1 aromatic carbocycles. The number of hydrogen-bond acceptors (Lipinski definition) is 3. The van der Waals surface area contributed by atoms with Crippen LogP contribution in [0.25, 0.3) is 16.5 Å². The van der Waals surface area contributed by atoms with Crippen molar-refractivity contribution in [3.63, 3.8) is 0 Å². The van der Waals surface area contributed by atoms with Gasteiger partial charge in [-0.05, 0) is 17.7 Å². The molecular formula is C12H8ClNO3. The van der Waals surface area contributed by atoms with E-state index in [4.69, 9.17) is 4.42 Å². The minimum Gasteiger partial charge on any atom is -0.464 e. The number of fused-ring (bicyclic) bond motifs is 1. The lowest BCUT2D eigenvalue weighted by Gasteiger charge is -2.01. The average Bonchev–Trinajstić information content (AvgIpc) is 2.84. The van der Waals surface area contributed by atoms with Crippen molar-refractivity contribution in [3.05, 3.63) is 42.2 Å². The Morgan fingerprint density at radius 1 is 1.12 bits per heavy atom. The zero-order chi connectivity index (χ0) is 11.1. The molecule has 0 spiro atoms. The molecule has 1 aromatic heterocycles. The molecule has 5 heteroatoms. The molecule has 2 aromatic rings. The van der Waals surface area contributed by atoms with Crippen molar-refractivity contribution in [2.45, 2.75) is 0 Å². The minimum atomic E-state index is -0.375. The van der Waals surface area contributed by atoms with Crippen LogP contribution in [-0.2, 0) is 9.59 Å². The Labute approximate surface area is 103 Å². The quantitative estimate of drug-likeness (QED) is 0.786. The van der Waals surface area contributed by atoms with Crippen LogP contribution in [-0.4, -0.2) is 11.8 Å². The number of carbonyl (C=O) groups is 2. The number of furan rings is 1. The number of benzene rings is 1. The summed E-state index contributed by atoms with van der Waals surface area (Å²) in [5.74, 6) is -0.737. The maximum Gasteiger partial charge on any atom is 0.258 e. The highest BCUT2D eigenvalue weighted by Gasteiger charge is 2.23. The molecule has 3 rings (SSSR count). The van der Waals surface area contributed by atoms with E-state index in [1.807, 2.05) is 6.07 Å². The van der Waals surface area contributed by atoms with Crippen molar-refractivity contribution >= 4 is 40.8 Å². The predicted octanol–water partition coefficient (Wildman–Crippen LogP) is 1.89. The monoisotopic (exact) mass is 249 g/mol. The number of nitrogens with one attached hydrogen (secondary N) is 1. The largest absolute Gasteiger partial charge is 0.464 e. The second-order valence-electron chi connectivity index (χ2n) is 3.51. The van der Waals surface area contributed by atoms with Crippen LogP contribution in [0.1, 0.15) is 5.56 Å². The summed E-state index contributed by atoms with van der Waals surface area (Å²) in [6, 6.07) is 7.18. The molecule has 0 bridgehead atoms. The molecule has 17 heavy (non-hydrogen) atoms. The summed E-state index contributed by atoms with van der Waals surface area (Å²) in [7, 11) is 0. The zero-order valence-electron chi connectivity index (χ0n) is 8.60. The second-order valence-corrected chi connectivity index (χ2v) is 3.51. The molecule has 0 unspecified atom stereocenters. The van der Waals surface area contributed by atoms with Gasteiger partial charge in [-0.2, -0.15) is 0 Å². The number of rotatable bonds is 1. The number of halogens is 1. The van der Waals surface area contributed by atoms with Gasteiger partial charge in [0.1, 0.15) is 5.58 Å². The third-order valence-corrected chi connectivity index (χ3v) is 2.54. The number of imide groups is 1. The maximum atomic E-state index is 11.5. The molecule has 4 nitrogen and oxygen atoms in total. The van der Waals surface area contributed by atoms with Gasteiger partial charge in [0.15, 0.2) is 0 Å². The van der Waals surface area contributed by atoms with Gasteiger partial charge in [0.2, 0.25) is 0 Å². The molecule has 0 fully saturated rings. The topological polar surface area (TPSA) is 59.3 Å². The third-order valence-electron chi connectivity index (χ3n) is 2.54. The lowest BCUT2D eigenvalue weighted by molar-refractivity contribution is -0.123. The van der Waals surface area contributed by atoms with Crippen molar-refractivity contribution in [1.29, 1.82) is 0 Å². The summed E-state index contributed by atoms with van der Waals surface area (Å²) < 4.78 is 5.24. The van der Waals surface area contributed by atoms with Gasteiger partial charge in [0, 0.05) is 11.5 Å². The van der Waals surface area contributed by atoms with Crippen molar-refractivity contribution in [2.75, 3.05) is 0 Å². The molecule has 1 aliphatic rings. The molecule has 1 aliphatic heterocycles. The number of amides is 2. The molecule has 2 amide bonds. The van der Waals surface area contributed by atoms with E-state index in [1.54, 1.807) is 24.5 Å². The standard InChI is InChI=1S/C12H7NO3.ClH/c14-11-6-9(12(15)13-11)7-2-1-3-10-8(7)4-5-16-10;/h1-6H,(H,13,14,15);1H. The van der Waals surface area contributed by atoms with Crippen molar-refractivity contribution in [1.82, 2.24) is 5.32 Å². The Hall–Kier alpha value is -2.07. The summed E-state index contributed by atoms with van der Waals surface area (Å²) in [5.41, 5.74) is 1.80. The fraction of sp³-hybridized carbons (Fsp3) is 0. The molecule has 2 heterocycles. The molecule has 0 aliphatic carbocycles. The van der Waals surface area contributed by atoms with Gasteiger partial charge in [-0.25, -0.2) is 0 Å². The molecule has 86 valence electrons. The van der Waals surface area contributed by atoms with Gasteiger partial charge in [0.05, 0.1) is 11.8 Å². The van der Waals surface area contributed by atoms with Crippen LogP contribution in [0.4, 0.5) is 0 Å². The van der Waals surface area contributed by atoms with Gasteiger partial charge in [0.25, 0.3) is 11.8 Å². The van der Waals surface area contributed by atoms with Crippen LogP contribution >= 0.6 is 12.4 Å². The summed E-state index contributed by atoms with van der Waals surface area (Å²) in [6.07, 6.45) is 2.87. The predicted molar refractivity (Wildman–Crippen MR) is 64.6 cm³/mol. The van der Waals surface area contributed by atoms with E-state index in [0.29, 0.717) is 11.2 Å². The Balaban J connectivity index is 0.00000108. The van der Waals surface area contributed by atoms with E-state index in [9.17, 15) is 9.59 Å². The van der Waals surface area contributed by atoms with E-state index >= 15 is 0 Å². The summed E-state index contributed by atoms with van der Waals surface area (Å²) in [5, 5.41) is 3.05. The van der Waals surface area contributed by atoms with E-state index < -0.39 is 0 Å². The Kier molecular flexibility index (Phi) is 2.73. The van der Waals surface area contributed by atoms with E-state index in [1.165, 1.54) is 6.08 Å². The van der Waals surface area contributed by atoms with Crippen LogP contribution in [0.15, 0.2) is 41.0 Å². The first-order chi connectivity index (χ1) is 7.75. The fourth-order valence-electron chi connectivity index (χ4n) is 1.84. The SMILES string of the molecule is Cl.O=C1C=C(c2cccc3occc23)C(=O)N1. The number of carbonyl (C=O) groups excluding carboxylic acids is 2. The summed E-state index contributed by atoms with van der Waals surface area (Å²) >= 11 is 0. The zero-order valence-corrected chi connectivity index (χ0v) is 9.41. The molecule has 0 saturated heterocycles. The highest BCUT2D eigenvalue weighted by molar-refractivity contribution is 6.35. The van der Waals surface area contributed by atoms with E-state index in [0.717, 1.165) is 10.9 Å². The summed E-state index contributed by atoms with van der Waals surface area (Å²) in [6.45, 7) is 0. The minimum absolute atomic E-state index is 0. The summed E-state index contributed by atoms with van der Waals surface area (Å²) in [4.78, 5) is 22.6. The molecule has 0 atom stereocenters. The second kappa shape index (κ2) is 4.07. The smallest absolute Gasteiger partial charge is 0.258 e. The van der Waals surface area contributed by atoms with Crippen LogP contribution in [0, 0.1) is 0 Å². The normalized spacial score (nSPS) is 14.5. The van der Waals surface area contributed by atoms with Crippen LogP contribution in [0.5, 0.6) is 0 Å². The lowest BCUT2D eigenvalue weighted by Crippen LogP contribution is -2.21. The Morgan fingerprint density at radius 3 is 2.65 bits per heavy atom. The van der Waals surface area contributed by atoms with Gasteiger partial charge in [-0.1, -0.05) is 12.1 Å². The molecule has 0 saturated carbocycles. The van der Waals surface area contributed by atoms with Gasteiger partial charge in [-0.3, -0.25) is 14.9 Å². The van der Waals surface area contributed by atoms with Crippen molar-refractivity contribution in [2.24, 2.45) is 0 Å². The van der Waals surface area contributed by atoms with E-state index in [-0.39, 0.29) is 24.2 Å². The first-order valence-corrected chi connectivity index (χ1v) is 4.79. The third kappa shape index (κ3) is 1.72. The molecule has 0 radical (unpaired) electrons. The highest BCUT2D eigenvalue weighted by Crippen LogP contribution is 2.27. The first kappa shape index (κ1) is 11.4. The molecule has 1 N–H and O–H groups in total. The van der Waals surface area contributed by atoms with Crippen LogP contribution < -0.4 is 5.32 Å². The van der Waals surface area contributed by atoms with Crippen molar-refractivity contribution in [3.8, 4) is 0 Å². The Morgan fingerprint density at radius 2 is 1.94 bits per heavy atom.